The second-order valence-corrected chi connectivity index (χ2v) is 3.69. The maximum absolute atomic E-state index is 11.1. The zero-order valence-electron chi connectivity index (χ0n) is 7.94. The molecule has 0 fully saturated rings. The molecule has 0 saturated carbocycles. The number of nitrogens with zero attached hydrogens (tertiary/aromatic N) is 1. The number of amides is 2. The highest BCUT2D eigenvalue weighted by atomic mass is 32.1. The average molecular weight is 227 g/mol. The Labute approximate surface area is 89.5 Å². The Hall–Kier alpha value is -1.76. The number of Topliss-reactive ketones (excluding diaryl/α,β-unsaturated/α-hetero) is 1. The van der Waals surface area contributed by atoms with Crippen LogP contribution < -0.4 is 11.1 Å². The Morgan fingerprint density at radius 3 is 2.67 bits per heavy atom. The number of primary amides is 1. The maximum atomic E-state index is 11.1. The number of thiazole rings is 1. The van der Waals surface area contributed by atoms with Crippen LogP contribution in [0.4, 0.5) is 5.13 Å². The van der Waals surface area contributed by atoms with Crippen LogP contribution in [0.15, 0.2) is 5.38 Å². The summed E-state index contributed by atoms with van der Waals surface area (Å²) in [5.41, 5.74) is 5.07. The molecular weight excluding hydrogens is 218 g/mol. The van der Waals surface area contributed by atoms with E-state index in [9.17, 15) is 14.4 Å². The summed E-state index contributed by atoms with van der Waals surface area (Å²) in [5.74, 6) is -1.34. The first-order chi connectivity index (χ1) is 6.99. The van der Waals surface area contributed by atoms with Crippen LogP contribution >= 0.6 is 11.3 Å². The highest BCUT2D eigenvalue weighted by Gasteiger charge is 2.10. The molecule has 0 aliphatic heterocycles. The largest absolute Gasteiger partial charge is 0.364 e. The predicted molar refractivity (Wildman–Crippen MR) is 54.6 cm³/mol. The molecule has 0 aliphatic carbocycles. The van der Waals surface area contributed by atoms with Crippen LogP contribution in [0.25, 0.3) is 0 Å². The standard InChI is InChI=1S/C8H9N3O3S/c1-4(12)2-6(13)11-8-10-5(3-15-8)7(9)14/h3H,2H2,1H3,(H2,9,14)(H,10,11,13). The molecule has 0 bridgehead atoms. The quantitative estimate of drug-likeness (QED) is 0.715. The number of carbonyl (C=O) groups is 3. The van der Waals surface area contributed by atoms with Gasteiger partial charge in [0.15, 0.2) is 5.13 Å². The molecule has 2 amide bonds. The minimum Gasteiger partial charge on any atom is -0.364 e. The van der Waals surface area contributed by atoms with Crippen LogP contribution in [0.2, 0.25) is 0 Å². The van der Waals surface area contributed by atoms with Gasteiger partial charge in [-0.15, -0.1) is 11.3 Å². The molecule has 0 radical (unpaired) electrons. The van der Waals surface area contributed by atoms with E-state index in [1.54, 1.807) is 0 Å². The fraction of sp³-hybridized carbons (Fsp3) is 0.250. The Balaban J connectivity index is 2.61. The third kappa shape index (κ3) is 3.47. The zero-order valence-corrected chi connectivity index (χ0v) is 8.76. The summed E-state index contributed by atoms with van der Waals surface area (Å²) in [6, 6.07) is 0. The molecule has 0 atom stereocenters. The second-order valence-electron chi connectivity index (χ2n) is 2.83. The van der Waals surface area contributed by atoms with Gasteiger partial charge in [0.2, 0.25) is 5.91 Å². The van der Waals surface area contributed by atoms with Gasteiger partial charge in [-0.1, -0.05) is 0 Å². The van der Waals surface area contributed by atoms with Gasteiger partial charge in [-0.05, 0) is 6.92 Å². The first-order valence-electron chi connectivity index (χ1n) is 4.03. The molecule has 1 heterocycles. The molecule has 0 aliphatic rings. The smallest absolute Gasteiger partial charge is 0.268 e. The molecule has 0 spiro atoms. The lowest BCUT2D eigenvalue weighted by molar-refractivity contribution is -0.124. The van der Waals surface area contributed by atoms with E-state index in [0.29, 0.717) is 0 Å². The number of ketones is 1. The Morgan fingerprint density at radius 2 is 2.20 bits per heavy atom. The van der Waals surface area contributed by atoms with E-state index in [0.717, 1.165) is 11.3 Å². The molecule has 1 aromatic heterocycles. The lowest BCUT2D eigenvalue weighted by Crippen LogP contribution is -2.15. The van der Waals surface area contributed by atoms with Gasteiger partial charge in [0, 0.05) is 5.38 Å². The van der Waals surface area contributed by atoms with Crippen LogP contribution in [0, 0.1) is 0 Å². The van der Waals surface area contributed by atoms with Crippen LogP contribution in [0.1, 0.15) is 23.8 Å². The summed E-state index contributed by atoms with van der Waals surface area (Å²) >= 11 is 1.08. The van der Waals surface area contributed by atoms with Crippen molar-refractivity contribution in [2.75, 3.05) is 5.32 Å². The molecule has 0 saturated heterocycles. The number of nitrogens with one attached hydrogen (secondary N) is 1. The lowest BCUT2D eigenvalue weighted by atomic mass is 10.3. The van der Waals surface area contributed by atoms with Crippen molar-refractivity contribution in [2.45, 2.75) is 13.3 Å². The van der Waals surface area contributed by atoms with E-state index >= 15 is 0 Å². The first kappa shape index (κ1) is 11.3. The normalized spacial score (nSPS) is 9.67. The van der Waals surface area contributed by atoms with Gasteiger partial charge < -0.3 is 11.1 Å². The summed E-state index contributed by atoms with van der Waals surface area (Å²) < 4.78 is 0. The second kappa shape index (κ2) is 4.65. The Bertz CT molecular complexity index is 413. The molecule has 1 rings (SSSR count). The monoisotopic (exact) mass is 227 g/mol. The third-order valence-electron chi connectivity index (χ3n) is 1.41. The van der Waals surface area contributed by atoms with E-state index in [1.165, 1.54) is 12.3 Å². The Morgan fingerprint density at radius 1 is 1.53 bits per heavy atom. The predicted octanol–water partition coefficient (Wildman–Crippen LogP) is 0.160. The summed E-state index contributed by atoms with van der Waals surface area (Å²) in [7, 11) is 0. The van der Waals surface area contributed by atoms with Gasteiger partial charge in [0.05, 0.1) is 6.42 Å². The topological polar surface area (TPSA) is 102 Å². The van der Waals surface area contributed by atoms with Gasteiger partial charge in [-0.25, -0.2) is 4.98 Å². The van der Waals surface area contributed by atoms with Crippen LogP contribution in [-0.4, -0.2) is 22.6 Å². The van der Waals surface area contributed by atoms with Gasteiger partial charge in [0.25, 0.3) is 5.91 Å². The number of rotatable bonds is 4. The summed E-state index contributed by atoms with van der Waals surface area (Å²) in [6.07, 6.45) is -0.203. The van der Waals surface area contributed by atoms with Crippen LogP contribution in [-0.2, 0) is 9.59 Å². The molecule has 80 valence electrons. The highest BCUT2D eigenvalue weighted by Crippen LogP contribution is 2.14. The number of nitrogens with two attached hydrogens (primary N) is 1. The van der Waals surface area contributed by atoms with Crippen molar-refractivity contribution in [1.82, 2.24) is 4.98 Å². The SMILES string of the molecule is CC(=O)CC(=O)Nc1nc(C(N)=O)cs1. The lowest BCUT2D eigenvalue weighted by Gasteiger charge is -1.97. The molecule has 0 aromatic carbocycles. The molecule has 7 heteroatoms. The minimum absolute atomic E-state index is 0.0955. The molecule has 0 unspecified atom stereocenters. The number of carbonyl (C=O) groups excluding carboxylic acids is 3. The zero-order chi connectivity index (χ0) is 11.4. The summed E-state index contributed by atoms with van der Waals surface area (Å²) in [6.45, 7) is 1.32. The van der Waals surface area contributed by atoms with Crippen molar-refractivity contribution < 1.29 is 14.4 Å². The van der Waals surface area contributed by atoms with Crippen molar-refractivity contribution in [3.05, 3.63) is 11.1 Å². The average Bonchev–Trinajstić information content (AvgIpc) is 2.50. The van der Waals surface area contributed by atoms with E-state index < -0.39 is 11.8 Å². The minimum atomic E-state index is -0.654. The van der Waals surface area contributed by atoms with E-state index in [-0.39, 0.29) is 23.0 Å². The van der Waals surface area contributed by atoms with Crippen molar-refractivity contribution in [2.24, 2.45) is 5.73 Å². The van der Waals surface area contributed by atoms with Crippen LogP contribution in [0.3, 0.4) is 0 Å². The molecule has 3 N–H and O–H groups in total. The molecule has 1 aromatic rings. The third-order valence-corrected chi connectivity index (χ3v) is 2.17. The fourth-order valence-electron chi connectivity index (χ4n) is 0.834. The van der Waals surface area contributed by atoms with Crippen LogP contribution in [0.5, 0.6) is 0 Å². The summed E-state index contributed by atoms with van der Waals surface area (Å²) in [4.78, 5) is 36.2. The van der Waals surface area contributed by atoms with Crippen molar-refractivity contribution in [3.63, 3.8) is 0 Å². The van der Waals surface area contributed by atoms with E-state index in [1.807, 2.05) is 0 Å². The van der Waals surface area contributed by atoms with E-state index in [4.69, 9.17) is 5.73 Å². The number of aromatic nitrogens is 1. The first-order valence-corrected chi connectivity index (χ1v) is 4.91. The number of hydrogen-bond donors (Lipinski definition) is 2. The van der Waals surface area contributed by atoms with Crippen molar-refractivity contribution in [3.8, 4) is 0 Å². The highest BCUT2D eigenvalue weighted by molar-refractivity contribution is 7.14. The molecular formula is C8H9N3O3S. The summed E-state index contributed by atoms with van der Waals surface area (Å²) in [5, 5.41) is 4.08. The van der Waals surface area contributed by atoms with Crippen molar-refractivity contribution in [1.29, 1.82) is 0 Å². The van der Waals surface area contributed by atoms with Gasteiger partial charge in [-0.2, -0.15) is 0 Å². The molecule has 15 heavy (non-hydrogen) atoms. The van der Waals surface area contributed by atoms with Gasteiger partial charge in [-0.3, -0.25) is 14.4 Å². The van der Waals surface area contributed by atoms with Gasteiger partial charge >= 0.3 is 0 Å². The maximum Gasteiger partial charge on any atom is 0.268 e. The van der Waals surface area contributed by atoms with E-state index in [2.05, 4.69) is 10.3 Å². The number of anilines is 1. The fourth-order valence-corrected chi connectivity index (χ4v) is 1.55. The van der Waals surface area contributed by atoms with Crippen molar-refractivity contribution >= 4 is 34.1 Å². The Kier molecular flexibility index (Phi) is 3.51. The molecule has 6 nitrogen and oxygen atoms in total. The number of hydrogen-bond acceptors (Lipinski definition) is 5. The van der Waals surface area contributed by atoms with Gasteiger partial charge in [0.1, 0.15) is 11.5 Å².